The maximum Gasteiger partial charge on any atom is 0.317 e. The van der Waals surface area contributed by atoms with Gasteiger partial charge in [0.1, 0.15) is 5.82 Å². The van der Waals surface area contributed by atoms with Crippen LogP contribution in [0.1, 0.15) is 67.1 Å². The highest BCUT2D eigenvalue weighted by molar-refractivity contribution is 5.94. The SMILES string of the molecule is CC(C)NC(=O)N1CCC[C@H](c2cccc(C(=O)N[C@@H](C)c3ccc(F)cc3)c2)C1. The van der Waals surface area contributed by atoms with E-state index in [1.807, 2.05) is 43.9 Å². The normalized spacial score (nSPS) is 17.5. The molecule has 160 valence electrons. The molecule has 3 amide bonds. The number of carbonyl (C=O) groups is 2. The van der Waals surface area contributed by atoms with Crippen molar-refractivity contribution in [1.82, 2.24) is 15.5 Å². The third-order valence-electron chi connectivity index (χ3n) is 5.46. The highest BCUT2D eigenvalue weighted by atomic mass is 19.1. The lowest BCUT2D eigenvalue weighted by atomic mass is 9.89. The van der Waals surface area contributed by atoms with Crippen LogP contribution in [-0.4, -0.2) is 36.0 Å². The van der Waals surface area contributed by atoms with Crippen molar-refractivity contribution in [2.45, 2.75) is 51.6 Å². The Kier molecular flexibility index (Phi) is 7.08. The van der Waals surface area contributed by atoms with E-state index in [1.54, 1.807) is 18.2 Å². The van der Waals surface area contributed by atoms with Gasteiger partial charge in [-0.05, 0) is 69.0 Å². The standard InChI is InChI=1S/C24H30FN3O2/c1-16(2)26-24(30)28-13-5-8-21(15-28)19-6-4-7-20(14-19)23(29)27-17(3)18-9-11-22(25)12-10-18/h4,6-7,9-12,14,16-17,21H,5,8,13,15H2,1-3H3,(H,26,30)(H,27,29)/t17-,21-/m0/s1. The zero-order chi connectivity index (χ0) is 21.7. The minimum absolute atomic E-state index is 0.0308. The average Bonchev–Trinajstić information content (AvgIpc) is 2.74. The molecule has 1 heterocycles. The summed E-state index contributed by atoms with van der Waals surface area (Å²) in [5, 5.41) is 5.93. The monoisotopic (exact) mass is 411 g/mol. The summed E-state index contributed by atoms with van der Waals surface area (Å²) in [6, 6.07) is 13.6. The summed E-state index contributed by atoms with van der Waals surface area (Å²) in [6.45, 7) is 7.18. The predicted octanol–water partition coefficient (Wildman–Crippen LogP) is 4.61. The first-order chi connectivity index (χ1) is 14.3. The zero-order valence-corrected chi connectivity index (χ0v) is 17.8. The summed E-state index contributed by atoms with van der Waals surface area (Å²) in [5.41, 5.74) is 2.50. The first-order valence-corrected chi connectivity index (χ1v) is 10.5. The van der Waals surface area contributed by atoms with Gasteiger partial charge in [-0.3, -0.25) is 4.79 Å². The Bertz CT molecular complexity index is 882. The molecule has 0 aromatic heterocycles. The number of likely N-dealkylation sites (tertiary alicyclic amines) is 1. The van der Waals surface area contributed by atoms with Crippen LogP contribution in [0.5, 0.6) is 0 Å². The van der Waals surface area contributed by atoms with Gasteiger partial charge in [-0.2, -0.15) is 0 Å². The lowest BCUT2D eigenvalue weighted by Gasteiger charge is -2.33. The molecular weight excluding hydrogens is 381 g/mol. The van der Waals surface area contributed by atoms with Crippen LogP contribution in [0.15, 0.2) is 48.5 Å². The van der Waals surface area contributed by atoms with Crippen LogP contribution in [0.4, 0.5) is 9.18 Å². The number of rotatable bonds is 5. The minimum Gasteiger partial charge on any atom is -0.346 e. The van der Waals surface area contributed by atoms with Crippen molar-refractivity contribution in [3.05, 3.63) is 71.0 Å². The second-order valence-electron chi connectivity index (χ2n) is 8.26. The molecule has 1 fully saturated rings. The molecule has 1 saturated heterocycles. The molecule has 5 nitrogen and oxygen atoms in total. The molecule has 2 aromatic rings. The fraction of sp³-hybridized carbons (Fsp3) is 0.417. The number of halogens is 1. The van der Waals surface area contributed by atoms with E-state index in [2.05, 4.69) is 10.6 Å². The minimum atomic E-state index is -0.298. The lowest BCUT2D eigenvalue weighted by molar-refractivity contribution is 0.0939. The highest BCUT2D eigenvalue weighted by Crippen LogP contribution is 2.28. The van der Waals surface area contributed by atoms with E-state index in [4.69, 9.17) is 0 Å². The van der Waals surface area contributed by atoms with Crippen molar-refractivity contribution in [2.75, 3.05) is 13.1 Å². The van der Waals surface area contributed by atoms with E-state index in [9.17, 15) is 14.0 Å². The second-order valence-corrected chi connectivity index (χ2v) is 8.26. The smallest absolute Gasteiger partial charge is 0.317 e. The number of urea groups is 1. The van der Waals surface area contributed by atoms with Gasteiger partial charge in [0.25, 0.3) is 5.91 Å². The predicted molar refractivity (Wildman–Crippen MR) is 116 cm³/mol. The van der Waals surface area contributed by atoms with Gasteiger partial charge in [0.2, 0.25) is 0 Å². The number of piperidine rings is 1. The Balaban J connectivity index is 1.67. The maximum atomic E-state index is 13.1. The Morgan fingerprint density at radius 1 is 1.07 bits per heavy atom. The molecule has 1 aliphatic rings. The average molecular weight is 412 g/mol. The summed E-state index contributed by atoms with van der Waals surface area (Å²) in [5.74, 6) is -0.258. The quantitative estimate of drug-likeness (QED) is 0.755. The lowest BCUT2D eigenvalue weighted by Crippen LogP contribution is -2.47. The van der Waals surface area contributed by atoms with Crippen molar-refractivity contribution in [2.24, 2.45) is 0 Å². The van der Waals surface area contributed by atoms with E-state index < -0.39 is 0 Å². The fourth-order valence-corrected chi connectivity index (χ4v) is 3.82. The van der Waals surface area contributed by atoms with Gasteiger partial charge in [0, 0.05) is 30.6 Å². The number of hydrogen-bond acceptors (Lipinski definition) is 2. The summed E-state index contributed by atoms with van der Waals surface area (Å²) in [7, 11) is 0. The molecule has 0 saturated carbocycles. The Morgan fingerprint density at radius 3 is 2.50 bits per heavy atom. The molecule has 0 spiro atoms. The molecule has 2 N–H and O–H groups in total. The van der Waals surface area contributed by atoms with E-state index in [-0.39, 0.29) is 35.8 Å². The zero-order valence-electron chi connectivity index (χ0n) is 17.8. The maximum absolute atomic E-state index is 13.1. The molecule has 0 unspecified atom stereocenters. The fourth-order valence-electron chi connectivity index (χ4n) is 3.82. The number of carbonyl (C=O) groups excluding carboxylic acids is 2. The number of amides is 3. The molecule has 6 heteroatoms. The van der Waals surface area contributed by atoms with E-state index in [0.29, 0.717) is 12.1 Å². The molecule has 0 bridgehead atoms. The first kappa shape index (κ1) is 21.8. The van der Waals surface area contributed by atoms with Crippen molar-refractivity contribution in [3.63, 3.8) is 0 Å². The molecule has 2 atom stereocenters. The Hall–Kier alpha value is -2.89. The first-order valence-electron chi connectivity index (χ1n) is 10.5. The highest BCUT2D eigenvalue weighted by Gasteiger charge is 2.25. The van der Waals surface area contributed by atoms with Crippen LogP contribution in [-0.2, 0) is 0 Å². The number of nitrogens with one attached hydrogen (secondary N) is 2. The topological polar surface area (TPSA) is 61.4 Å². The summed E-state index contributed by atoms with van der Waals surface area (Å²) < 4.78 is 13.1. The Morgan fingerprint density at radius 2 is 1.80 bits per heavy atom. The van der Waals surface area contributed by atoms with Crippen molar-refractivity contribution in [3.8, 4) is 0 Å². The van der Waals surface area contributed by atoms with Gasteiger partial charge in [0.15, 0.2) is 0 Å². The largest absolute Gasteiger partial charge is 0.346 e. The van der Waals surface area contributed by atoms with Gasteiger partial charge >= 0.3 is 6.03 Å². The summed E-state index contributed by atoms with van der Waals surface area (Å²) in [4.78, 5) is 27.0. The van der Waals surface area contributed by atoms with Crippen molar-refractivity contribution < 1.29 is 14.0 Å². The van der Waals surface area contributed by atoms with Gasteiger partial charge in [0.05, 0.1) is 6.04 Å². The van der Waals surface area contributed by atoms with Gasteiger partial charge < -0.3 is 15.5 Å². The van der Waals surface area contributed by atoms with Crippen molar-refractivity contribution in [1.29, 1.82) is 0 Å². The molecule has 2 aromatic carbocycles. The molecule has 30 heavy (non-hydrogen) atoms. The number of benzene rings is 2. The van der Waals surface area contributed by atoms with Crippen LogP contribution in [0.3, 0.4) is 0 Å². The number of hydrogen-bond donors (Lipinski definition) is 2. The molecule has 0 aliphatic carbocycles. The van der Waals surface area contributed by atoms with Gasteiger partial charge in [-0.25, -0.2) is 9.18 Å². The molecule has 1 aliphatic heterocycles. The second kappa shape index (κ2) is 9.74. The van der Waals surface area contributed by atoms with Crippen molar-refractivity contribution >= 4 is 11.9 Å². The Labute approximate surface area is 177 Å². The van der Waals surface area contributed by atoms with Crippen LogP contribution >= 0.6 is 0 Å². The van der Waals surface area contributed by atoms with Crippen LogP contribution < -0.4 is 10.6 Å². The van der Waals surface area contributed by atoms with Gasteiger partial charge in [-0.15, -0.1) is 0 Å². The third-order valence-corrected chi connectivity index (χ3v) is 5.46. The summed E-state index contributed by atoms with van der Waals surface area (Å²) >= 11 is 0. The van der Waals surface area contributed by atoms with Crippen LogP contribution in [0.2, 0.25) is 0 Å². The van der Waals surface area contributed by atoms with E-state index in [1.165, 1.54) is 12.1 Å². The molecular formula is C24H30FN3O2. The summed E-state index contributed by atoms with van der Waals surface area (Å²) in [6.07, 6.45) is 1.93. The van der Waals surface area contributed by atoms with Gasteiger partial charge in [-0.1, -0.05) is 24.3 Å². The van der Waals surface area contributed by atoms with Crippen LogP contribution in [0.25, 0.3) is 0 Å². The molecule has 0 radical (unpaired) electrons. The van der Waals surface area contributed by atoms with E-state index in [0.717, 1.165) is 30.5 Å². The number of nitrogens with zero attached hydrogens (tertiary/aromatic N) is 1. The third kappa shape index (κ3) is 5.59. The van der Waals surface area contributed by atoms with E-state index >= 15 is 0 Å². The molecule has 3 rings (SSSR count). The van der Waals surface area contributed by atoms with Crippen LogP contribution in [0, 0.1) is 5.82 Å².